The number of aromatic amines is 1. The van der Waals surface area contributed by atoms with Crippen molar-refractivity contribution in [3.63, 3.8) is 0 Å². The quantitative estimate of drug-likeness (QED) is 0.872. The van der Waals surface area contributed by atoms with Crippen LogP contribution in [0.3, 0.4) is 0 Å². The zero-order valence-corrected chi connectivity index (χ0v) is 12.2. The number of rotatable bonds is 5. The third kappa shape index (κ3) is 4.29. The van der Waals surface area contributed by atoms with Gasteiger partial charge in [0, 0.05) is 30.9 Å². The van der Waals surface area contributed by atoms with Gasteiger partial charge < -0.3 is 15.2 Å². The van der Waals surface area contributed by atoms with Gasteiger partial charge in [-0.2, -0.15) is 0 Å². The molecule has 0 unspecified atom stereocenters. The molecule has 0 aliphatic carbocycles. The van der Waals surface area contributed by atoms with Gasteiger partial charge in [0.15, 0.2) is 0 Å². The monoisotopic (exact) mass is 285 g/mol. The van der Waals surface area contributed by atoms with Crippen LogP contribution in [-0.4, -0.2) is 29.9 Å². The molecular weight excluding hydrogens is 266 g/mol. The van der Waals surface area contributed by atoms with Gasteiger partial charge in [-0.1, -0.05) is 24.3 Å². The lowest BCUT2D eigenvalue weighted by Crippen LogP contribution is -2.25. The van der Waals surface area contributed by atoms with E-state index in [1.807, 2.05) is 32.3 Å². The number of carbonyl (C=O) groups is 1. The Balaban J connectivity index is 2.06. The molecule has 110 valence electrons. The molecule has 21 heavy (non-hydrogen) atoms. The first-order valence-electron chi connectivity index (χ1n) is 6.74. The molecule has 0 radical (unpaired) electrons. The number of nitrogens with one attached hydrogen (secondary N) is 2. The molecule has 1 amide bonds. The van der Waals surface area contributed by atoms with Crippen LogP contribution in [0.15, 0.2) is 47.4 Å². The van der Waals surface area contributed by atoms with Gasteiger partial charge in [-0.05, 0) is 31.3 Å². The van der Waals surface area contributed by atoms with E-state index in [4.69, 9.17) is 0 Å². The first kappa shape index (κ1) is 15.0. The average Bonchev–Trinajstić information content (AvgIpc) is 2.45. The highest BCUT2D eigenvalue weighted by Crippen LogP contribution is 2.10. The number of benzene rings is 1. The molecule has 5 nitrogen and oxygen atoms in total. The lowest BCUT2D eigenvalue weighted by Gasteiger charge is -2.14. The summed E-state index contributed by atoms with van der Waals surface area (Å²) in [6, 6.07) is 10.9. The Bertz CT molecular complexity index is 677. The number of aromatic nitrogens is 1. The number of hydrogen-bond donors (Lipinski definition) is 2. The summed E-state index contributed by atoms with van der Waals surface area (Å²) < 4.78 is 0. The van der Waals surface area contributed by atoms with E-state index in [-0.39, 0.29) is 11.5 Å². The molecule has 1 heterocycles. The minimum Gasteiger partial charge on any atom is -0.348 e. The van der Waals surface area contributed by atoms with Crippen molar-refractivity contribution in [2.75, 3.05) is 14.1 Å². The fraction of sp³-hybridized carbons (Fsp3) is 0.250. The SMILES string of the molecule is CN(C)Cc1ccccc1CNC(=O)c1cc[nH]c(=O)c1. The van der Waals surface area contributed by atoms with Crippen LogP contribution >= 0.6 is 0 Å². The Labute approximate surface area is 123 Å². The van der Waals surface area contributed by atoms with Crippen LogP contribution in [0.4, 0.5) is 0 Å². The first-order chi connectivity index (χ1) is 10.1. The minimum atomic E-state index is -0.282. The van der Waals surface area contributed by atoms with E-state index in [1.165, 1.54) is 17.8 Å². The third-order valence-electron chi connectivity index (χ3n) is 3.08. The van der Waals surface area contributed by atoms with Crippen molar-refractivity contribution in [3.05, 3.63) is 69.6 Å². The van der Waals surface area contributed by atoms with Crippen molar-refractivity contribution in [3.8, 4) is 0 Å². The molecule has 0 saturated heterocycles. The molecule has 0 fully saturated rings. The summed E-state index contributed by atoms with van der Waals surface area (Å²) in [7, 11) is 4.01. The predicted octanol–water partition coefficient (Wildman–Crippen LogP) is 1.37. The second-order valence-electron chi connectivity index (χ2n) is 5.13. The number of carbonyl (C=O) groups excluding carboxylic acids is 1. The zero-order chi connectivity index (χ0) is 15.2. The maximum absolute atomic E-state index is 12.0. The van der Waals surface area contributed by atoms with Crippen LogP contribution in [0.2, 0.25) is 0 Å². The van der Waals surface area contributed by atoms with E-state index < -0.39 is 0 Å². The molecule has 0 saturated carbocycles. The Hall–Kier alpha value is -2.40. The fourth-order valence-corrected chi connectivity index (χ4v) is 2.09. The Kier molecular flexibility index (Phi) is 4.90. The van der Waals surface area contributed by atoms with E-state index in [9.17, 15) is 9.59 Å². The molecule has 1 aromatic heterocycles. The van der Waals surface area contributed by atoms with Crippen molar-refractivity contribution < 1.29 is 4.79 Å². The Morgan fingerprint density at radius 2 is 1.90 bits per heavy atom. The fourth-order valence-electron chi connectivity index (χ4n) is 2.09. The molecular formula is C16H19N3O2. The highest BCUT2D eigenvalue weighted by molar-refractivity contribution is 5.93. The third-order valence-corrected chi connectivity index (χ3v) is 3.08. The zero-order valence-electron chi connectivity index (χ0n) is 12.2. The number of hydrogen-bond acceptors (Lipinski definition) is 3. The van der Waals surface area contributed by atoms with Gasteiger partial charge in [-0.15, -0.1) is 0 Å². The lowest BCUT2D eigenvalue weighted by atomic mass is 10.1. The van der Waals surface area contributed by atoms with E-state index in [0.717, 1.165) is 12.1 Å². The molecule has 0 atom stereocenters. The number of pyridine rings is 1. The smallest absolute Gasteiger partial charge is 0.251 e. The highest BCUT2D eigenvalue weighted by atomic mass is 16.2. The van der Waals surface area contributed by atoms with Crippen LogP contribution < -0.4 is 10.9 Å². The highest BCUT2D eigenvalue weighted by Gasteiger charge is 2.08. The van der Waals surface area contributed by atoms with Crippen LogP contribution in [0.1, 0.15) is 21.5 Å². The normalized spacial score (nSPS) is 10.6. The topological polar surface area (TPSA) is 65.2 Å². The summed E-state index contributed by atoms with van der Waals surface area (Å²) in [4.78, 5) is 27.8. The molecule has 0 bridgehead atoms. The molecule has 0 aliphatic heterocycles. The molecule has 2 aromatic rings. The molecule has 2 rings (SSSR count). The molecule has 0 aliphatic rings. The van der Waals surface area contributed by atoms with E-state index in [2.05, 4.69) is 21.3 Å². The minimum absolute atomic E-state index is 0.249. The van der Waals surface area contributed by atoms with Crippen LogP contribution in [-0.2, 0) is 13.1 Å². The summed E-state index contributed by atoms with van der Waals surface area (Å²) in [5.41, 5.74) is 2.33. The van der Waals surface area contributed by atoms with Crippen molar-refractivity contribution >= 4 is 5.91 Å². The summed E-state index contributed by atoms with van der Waals surface area (Å²) in [5, 5.41) is 2.85. The molecule has 2 N–H and O–H groups in total. The van der Waals surface area contributed by atoms with Crippen LogP contribution in [0.5, 0.6) is 0 Å². The average molecular weight is 285 g/mol. The van der Waals surface area contributed by atoms with Gasteiger partial charge in [0.05, 0.1) is 0 Å². The van der Waals surface area contributed by atoms with Crippen molar-refractivity contribution in [2.24, 2.45) is 0 Å². The van der Waals surface area contributed by atoms with Crippen LogP contribution in [0.25, 0.3) is 0 Å². The second kappa shape index (κ2) is 6.85. The predicted molar refractivity (Wildman–Crippen MR) is 82.1 cm³/mol. The van der Waals surface area contributed by atoms with Crippen molar-refractivity contribution in [1.29, 1.82) is 0 Å². The van der Waals surface area contributed by atoms with E-state index in [0.29, 0.717) is 12.1 Å². The standard InChI is InChI=1S/C16H19N3O2/c1-19(2)11-14-6-4-3-5-13(14)10-18-16(21)12-7-8-17-15(20)9-12/h3-9H,10-11H2,1-2H3,(H,17,20)(H,18,21). The van der Waals surface area contributed by atoms with Gasteiger partial charge in [0.2, 0.25) is 5.56 Å². The molecule has 1 aromatic carbocycles. The Morgan fingerprint density at radius 3 is 2.57 bits per heavy atom. The summed E-state index contributed by atoms with van der Waals surface area (Å²) >= 11 is 0. The maximum atomic E-state index is 12.0. The number of nitrogens with zero attached hydrogens (tertiary/aromatic N) is 1. The second-order valence-corrected chi connectivity index (χ2v) is 5.13. The van der Waals surface area contributed by atoms with E-state index >= 15 is 0 Å². The van der Waals surface area contributed by atoms with Gasteiger partial charge >= 0.3 is 0 Å². The number of H-pyrrole nitrogens is 1. The molecule has 0 spiro atoms. The van der Waals surface area contributed by atoms with Crippen molar-refractivity contribution in [1.82, 2.24) is 15.2 Å². The maximum Gasteiger partial charge on any atom is 0.251 e. The van der Waals surface area contributed by atoms with Gasteiger partial charge in [-0.3, -0.25) is 9.59 Å². The van der Waals surface area contributed by atoms with E-state index in [1.54, 1.807) is 6.07 Å². The van der Waals surface area contributed by atoms with Gasteiger partial charge in [-0.25, -0.2) is 0 Å². The van der Waals surface area contributed by atoms with Gasteiger partial charge in [0.1, 0.15) is 0 Å². The summed E-state index contributed by atoms with van der Waals surface area (Å²) in [5.74, 6) is -0.249. The van der Waals surface area contributed by atoms with Gasteiger partial charge in [0.25, 0.3) is 5.91 Å². The largest absolute Gasteiger partial charge is 0.348 e. The lowest BCUT2D eigenvalue weighted by molar-refractivity contribution is 0.0950. The van der Waals surface area contributed by atoms with Crippen molar-refractivity contribution in [2.45, 2.75) is 13.1 Å². The molecule has 5 heteroatoms. The number of amides is 1. The van der Waals surface area contributed by atoms with Crippen LogP contribution in [0, 0.1) is 0 Å². The Morgan fingerprint density at radius 1 is 1.19 bits per heavy atom. The first-order valence-corrected chi connectivity index (χ1v) is 6.74. The summed E-state index contributed by atoms with van der Waals surface area (Å²) in [6.07, 6.45) is 1.47. The summed E-state index contributed by atoms with van der Waals surface area (Å²) in [6.45, 7) is 1.26.